The first-order valence-corrected chi connectivity index (χ1v) is 6.39. The van der Waals surface area contributed by atoms with Crippen LogP contribution in [-0.4, -0.2) is 22.5 Å². The Labute approximate surface area is 113 Å². The minimum absolute atomic E-state index is 0.228. The van der Waals surface area contributed by atoms with Gasteiger partial charge in [0.05, 0.1) is 6.42 Å². The third kappa shape index (κ3) is 2.96. The van der Waals surface area contributed by atoms with Gasteiger partial charge in [0.1, 0.15) is 5.54 Å². The molecule has 0 saturated heterocycles. The van der Waals surface area contributed by atoms with E-state index in [1.807, 2.05) is 24.3 Å². The Hall–Kier alpha value is -1.11. The second kappa shape index (κ2) is 4.64. The van der Waals surface area contributed by atoms with Gasteiger partial charge in [0, 0.05) is 3.57 Å². The molecule has 1 aliphatic carbocycles. The molecule has 0 heterocycles. The third-order valence-electron chi connectivity index (χ3n) is 2.79. The summed E-state index contributed by atoms with van der Waals surface area (Å²) in [4.78, 5) is 22.6. The second-order valence-corrected chi connectivity index (χ2v) is 5.49. The number of amides is 1. The molecule has 90 valence electrons. The maximum Gasteiger partial charge on any atom is 0.329 e. The monoisotopic (exact) mass is 345 g/mol. The molecule has 2 N–H and O–H groups in total. The van der Waals surface area contributed by atoms with Crippen LogP contribution in [0.2, 0.25) is 0 Å². The molecule has 5 heteroatoms. The minimum Gasteiger partial charge on any atom is -0.480 e. The van der Waals surface area contributed by atoms with E-state index in [9.17, 15) is 9.59 Å². The molecule has 1 aromatic rings. The topological polar surface area (TPSA) is 66.4 Å². The van der Waals surface area contributed by atoms with Crippen LogP contribution < -0.4 is 5.32 Å². The average molecular weight is 345 g/mol. The number of carbonyl (C=O) groups excluding carboxylic acids is 1. The van der Waals surface area contributed by atoms with Gasteiger partial charge in [-0.2, -0.15) is 0 Å². The van der Waals surface area contributed by atoms with Gasteiger partial charge in [0.15, 0.2) is 0 Å². The maximum absolute atomic E-state index is 11.7. The summed E-state index contributed by atoms with van der Waals surface area (Å²) in [5.74, 6) is -1.17. The largest absolute Gasteiger partial charge is 0.480 e. The van der Waals surface area contributed by atoms with Gasteiger partial charge in [-0.05, 0) is 53.1 Å². The Morgan fingerprint density at radius 2 is 2.12 bits per heavy atom. The van der Waals surface area contributed by atoms with Crippen LogP contribution >= 0.6 is 22.6 Å². The summed E-state index contributed by atoms with van der Waals surface area (Å²) in [7, 11) is 0. The smallest absolute Gasteiger partial charge is 0.329 e. The van der Waals surface area contributed by atoms with E-state index in [1.54, 1.807) is 0 Å². The van der Waals surface area contributed by atoms with Crippen LogP contribution in [0.1, 0.15) is 18.4 Å². The van der Waals surface area contributed by atoms with Crippen LogP contribution in [-0.2, 0) is 16.0 Å². The molecular formula is C12H12INO3. The summed E-state index contributed by atoms with van der Waals surface area (Å²) >= 11 is 2.18. The number of rotatable bonds is 4. The molecule has 1 aliphatic rings. The lowest BCUT2D eigenvalue weighted by atomic mass is 10.1. The Morgan fingerprint density at radius 3 is 2.65 bits per heavy atom. The maximum atomic E-state index is 11.7. The van der Waals surface area contributed by atoms with E-state index in [1.165, 1.54) is 0 Å². The number of nitrogens with one attached hydrogen (secondary N) is 1. The number of aliphatic carboxylic acids is 1. The lowest BCUT2D eigenvalue weighted by molar-refractivity contribution is -0.143. The molecule has 0 bridgehead atoms. The first-order valence-electron chi connectivity index (χ1n) is 5.31. The van der Waals surface area contributed by atoms with Crippen LogP contribution in [0.3, 0.4) is 0 Å². The van der Waals surface area contributed by atoms with Crippen molar-refractivity contribution in [2.24, 2.45) is 0 Å². The fraction of sp³-hybridized carbons (Fsp3) is 0.333. The van der Waals surface area contributed by atoms with Crippen molar-refractivity contribution in [2.45, 2.75) is 24.8 Å². The predicted molar refractivity (Wildman–Crippen MR) is 70.6 cm³/mol. The summed E-state index contributed by atoms with van der Waals surface area (Å²) in [5.41, 5.74) is -0.0884. The second-order valence-electron chi connectivity index (χ2n) is 4.24. The highest BCUT2D eigenvalue weighted by Crippen LogP contribution is 2.35. The molecular weight excluding hydrogens is 333 g/mol. The lowest BCUT2D eigenvalue weighted by Crippen LogP contribution is -2.43. The molecule has 1 fully saturated rings. The highest BCUT2D eigenvalue weighted by molar-refractivity contribution is 14.1. The Bertz CT molecular complexity index is 469. The number of hydrogen-bond donors (Lipinski definition) is 2. The van der Waals surface area contributed by atoms with Crippen molar-refractivity contribution >= 4 is 34.5 Å². The fourth-order valence-corrected chi connectivity index (χ4v) is 2.27. The Morgan fingerprint density at radius 1 is 1.41 bits per heavy atom. The molecule has 0 aliphatic heterocycles. The number of carbonyl (C=O) groups is 2. The van der Waals surface area contributed by atoms with Gasteiger partial charge in [-0.1, -0.05) is 12.1 Å². The lowest BCUT2D eigenvalue weighted by Gasteiger charge is -2.12. The molecule has 2 rings (SSSR count). The average Bonchev–Trinajstić information content (AvgIpc) is 2.98. The van der Waals surface area contributed by atoms with Crippen LogP contribution in [0, 0.1) is 3.57 Å². The van der Waals surface area contributed by atoms with E-state index < -0.39 is 11.5 Å². The number of hydrogen-bond acceptors (Lipinski definition) is 2. The molecule has 0 radical (unpaired) electrons. The molecule has 1 aromatic carbocycles. The van der Waals surface area contributed by atoms with Crippen LogP contribution in [0.4, 0.5) is 0 Å². The third-order valence-corrected chi connectivity index (χ3v) is 3.46. The molecule has 1 saturated carbocycles. The van der Waals surface area contributed by atoms with Crippen LogP contribution in [0.15, 0.2) is 24.3 Å². The summed E-state index contributed by atoms with van der Waals surface area (Å²) in [6.07, 6.45) is 1.28. The van der Waals surface area contributed by atoms with Gasteiger partial charge in [0.2, 0.25) is 5.91 Å². The van der Waals surface area contributed by atoms with Gasteiger partial charge in [-0.15, -0.1) is 0 Å². The SMILES string of the molecule is O=C(Cc1cccc(I)c1)NC1(C(=O)O)CC1. The quantitative estimate of drug-likeness (QED) is 0.814. The van der Waals surface area contributed by atoms with E-state index in [-0.39, 0.29) is 12.3 Å². The summed E-state index contributed by atoms with van der Waals surface area (Å²) < 4.78 is 1.06. The molecule has 0 aromatic heterocycles. The van der Waals surface area contributed by atoms with Crippen molar-refractivity contribution in [3.05, 3.63) is 33.4 Å². The molecule has 4 nitrogen and oxygen atoms in total. The van der Waals surface area contributed by atoms with E-state index in [2.05, 4.69) is 27.9 Å². The predicted octanol–water partition coefficient (Wildman–Crippen LogP) is 1.57. The van der Waals surface area contributed by atoms with Crippen LogP contribution in [0.5, 0.6) is 0 Å². The molecule has 0 unspecified atom stereocenters. The zero-order valence-electron chi connectivity index (χ0n) is 9.07. The van der Waals surface area contributed by atoms with Gasteiger partial charge >= 0.3 is 5.97 Å². The first kappa shape index (κ1) is 12.3. The van der Waals surface area contributed by atoms with E-state index >= 15 is 0 Å². The molecule has 0 spiro atoms. The van der Waals surface area contributed by atoms with Crippen molar-refractivity contribution in [1.82, 2.24) is 5.32 Å². The standard InChI is InChI=1S/C12H12INO3/c13-9-3-1-2-8(6-9)7-10(15)14-12(4-5-12)11(16)17/h1-3,6H,4-5,7H2,(H,14,15)(H,16,17). The van der Waals surface area contributed by atoms with Gasteiger partial charge < -0.3 is 10.4 Å². The Kier molecular flexibility index (Phi) is 3.37. The van der Waals surface area contributed by atoms with Crippen molar-refractivity contribution in [3.8, 4) is 0 Å². The van der Waals surface area contributed by atoms with Crippen molar-refractivity contribution in [1.29, 1.82) is 0 Å². The molecule has 1 amide bonds. The van der Waals surface area contributed by atoms with Crippen molar-refractivity contribution in [3.63, 3.8) is 0 Å². The van der Waals surface area contributed by atoms with E-state index in [4.69, 9.17) is 5.11 Å². The van der Waals surface area contributed by atoms with Gasteiger partial charge in [0.25, 0.3) is 0 Å². The zero-order chi connectivity index (χ0) is 12.5. The number of carboxylic acid groups (broad SMARTS) is 1. The first-order chi connectivity index (χ1) is 8.02. The minimum atomic E-state index is -0.987. The zero-order valence-corrected chi connectivity index (χ0v) is 11.2. The number of carboxylic acids is 1. The van der Waals surface area contributed by atoms with Gasteiger partial charge in [-0.3, -0.25) is 4.79 Å². The van der Waals surface area contributed by atoms with Crippen molar-refractivity contribution < 1.29 is 14.7 Å². The van der Waals surface area contributed by atoms with Crippen molar-refractivity contribution in [2.75, 3.05) is 0 Å². The fourth-order valence-electron chi connectivity index (χ4n) is 1.66. The van der Waals surface area contributed by atoms with E-state index in [0.717, 1.165) is 9.13 Å². The number of halogens is 1. The number of benzene rings is 1. The highest BCUT2D eigenvalue weighted by atomic mass is 127. The normalized spacial score (nSPS) is 16.3. The summed E-state index contributed by atoms with van der Waals surface area (Å²) in [6.45, 7) is 0. The highest BCUT2D eigenvalue weighted by Gasteiger charge is 2.51. The summed E-state index contributed by atoms with van der Waals surface area (Å²) in [5, 5.41) is 11.5. The summed E-state index contributed by atoms with van der Waals surface area (Å²) in [6, 6.07) is 7.61. The van der Waals surface area contributed by atoms with Gasteiger partial charge in [-0.25, -0.2) is 4.79 Å². The molecule has 0 atom stereocenters. The van der Waals surface area contributed by atoms with Crippen LogP contribution in [0.25, 0.3) is 0 Å². The Balaban J connectivity index is 1.96. The molecule has 17 heavy (non-hydrogen) atoms. The van der Waals surface area contributed by atoms with E-state index in [0.29, 0.717) is 12.8 Å².